The van der Waals surface area contributed by atoms with Gasteiger partial charge in [0.05, 0.1) is 0 Å². The number of piperazine rings is 1. The van der Waals surface area contributed by atoms with Crippen LogP contribution in [0.3, 0.4) is 0 Å². The van der Waals surface area contributed by atoms with Crippen LogP contribution in [0.15, 0.2) is 0 Å². The van der Waals surface area contributed by atoms with E-state index in [1.807, 2.05) is 0 Å². The van der Waals surface area contributed by atoms with Gasteiger partial charge in [-0.1, -0.05) is 6.92 Å². The fourth-order valence-electron chi connectivity index (χ4n) is 3.51. The lowest BCUT2D eigenvalue weighted by molar-refractivity contribution is 0.0107. The number of likely N-dealkylation sites (N-methyl/N-ethyl adjacent to an activating group) is 1. The van der Waals surface area contributed by atoms with Crippen molar-refractivity contribution in [3.8, 4) is 0 Å². The molecule has 2 aliphatic rings. The molecule has 1 heterocycles. The third-order valence-corrected chi connectivity index (χ3v) is 4.99. The molecule has 0 bridgehead atoms. The molecule has 2 N–H and O–H groups in total. The van der Waals surface area contributed by atoms with E-state index in [2.05, 4.69) is 37.6 Å². The number of nitrogens with zero attached hydrogens (tertiary/aromatic N) is 2. The largest absolute Gasteiger partial charge is 0.326 e. The van der Waals surface area contributed by atoms with Crippen LogP contribution in [0.25, 0.3) is 0 Å². The van der Waals surface area contributed by atoms with E-state index >= 15 is 0 Å². The molecule has 5 atom stereocenters. The second kappa shape index (κ2) is 5.25. The molecular formula is C14H29N3. The Kier molecular flexibility index (Phi) is 4.11. The van der Waals surface area contributed by atoms with E-state index in [1.54, 1.807) is 0 Å². The highest BCUT2D eigenvalue weighted by atomic mass is 15.3. The minimum Gasteiger partial charge on any atom is -0.326 e. The van der Waals surface area contributed by atoms with Gasteiger partial charge in [-0.25, -0.2) is 0 Å². The van der Waals surface area contributed by atoms with Crippen molar-refractivity contribution >= 4 is 0 Å². The second-order valence-electron chi connectivity index (χ2n) is 6.47. The quantitative estimate of drug-likeness (QED) is 0.753. The average Bonchev–Trinajstić information content (AvgIpc) is 2.28. The van der Waals surface area contributed by atoms with Crippen molar-refractivity contribution in [3.63, 3.8) is 0 Å². The van der Waals surface area contributed by atoms with Gasteiger partial charge >= 0.3 is 0 Å². The number of hydrogen-bond acceptors (Lipinski definition) is 3. The van der Waals surface area contributed by atoms with Crippen molar-refractivity contribution in [3.05, 3.63) is 0 Å². The molecule has 2 fully saturated rings. The van der Waals surface area contributed by atoms with E-state index in [-0.39, 0.29) is 0 Å². The van der Waals surface area contributed by atoms with Gasteiger partial charge in [0, 0.05) is 37.3 Å². The SMILES string of the molecule is CC1CCC(N)C(N2CC(C)N(C)C(C)C2)C1. The molecule has 1 saturated heterocycles. The summed E-state index contributed by atoms with van der Waals surface area (Å²) in [5.41, 5.74) is 6.34. The second-order valence-corrected chi connectivity index (χ2v) is 6.47. The molecule has 0 spiro atoms. The van der Waals surface area contributed by atoms with Crippen LogP contribution in [0.2, 0.25) is 0 Å². The van der Waals surface area contributed by atoms with Crippen molar-refractivity contribution < 1.29 is 0 Å². The zero-order chi connectivity index (χ0) is 12.6. The predicted octanol–water partition coefficient (Wildman–Crippen LogP) is 1.53. The lowest BCUT2D eigenvalue weighted by Crippen LogP contribution is -2.61. The molecule has 0 radical (unpaired) electrons. The summed E-state index contributed by atoms with van der Waals surface area (Å²) in [6.07, 6.45) is 3.82. The Morgan fingerprint density at radius 3 is 2.18 bits per heavy atom. The monoisotopic (exact) mass is 239 g/mol. The van der Waals surface area contributed by atoms with Crippen LogP contribution in [-0.4, -0.2) is 54.1 Å². The molecule has 100 valence electrons. The van der Waals surface area contributed by atoms with Crippen molar-refractivity contribution in [1.82, 2.24) is 9.80 Å². The smallest absolute Gasteiger partial charge is 0.0251 e. The molecule has 17 heavy (non-hydrogen) atoms. The van der Waals surface area contributed by atoms with Gasteiger partial charge in [-0.05, 0) is 46.1 Å². The first-order chi connectivity index (χ1) is 7.99. The van der Waals surface area contributed by atoms with Crippen molar-refractivity contribution in [2.45, 2.75) is 64.2 Å². The zero-order valence-electron chi connectivity index (χ0n) is 11.9. The number of rotatable bonds is 1. The van der Waals surface area contributed by atoms with Gasteiger partial charge in [-0.2, -0.15) is 0 Å². The Morgan fingerprint density at radius 1 is 1.00 bits per heavy atom. The number of hydrogen-bond donors (Lipinski definition) is 1. The zero-order valence-corrected chi connectivity index (χ0v) is 11.9. The Labute approximate surface area is 106 Å². The Morgan fingerprint density at radius 2 is 1.59 bits per heavy atom. The third kappa shape index (κ3) is 2.83. The van der Waals surface area contributed by atoms with Crippen molar-refractivity contribution in [1.29, 1.82) is 0 Å². The fraction of sp³-hybridized carbons (Fsp3) is 1.00. The fourth-order valence-corrected chi connectivity index (χ4v) is 3.51. The average molecular weight is 239 g/mol. The summed E-state index contributed by atoms with van der Waals surface area (Å²) >= 11 is 0. The summed E-state index contributed by atoms with van der Waals surface area (Å²) in [4.78, 5) is 5.16. The maximum absolute atomic E-state index is 6.34. The normalized spacial score (nSPS) is 46.1. The summed E-state index contributed by atoms with van der Waals surface area (Å²) in [6, 6.07) is 2.33. The maximum atomic E-state index is 6.34. The van der Waals surface area contributed by atoms with Gasteiger partial charge in [0.1, 0.15) is 0 Å². The van der Waals surface area contributed by atoms with Gasteiger partial charge in [-0.3, -0.25) is 9.80 Å². The lowest BCUT2D eigenvalue weighted by atomic mass is 9.82. The molecular weight excluding hydrogens is 210 g/mol. The van der Waals surface area contributed by atoms with Crippen LogP contribution < -0.4 is 5.73 Å². The molecule has 1 aliphatic heterocycles. The topological polar surface area (TPSA) is 32.5 Å². The highest BCUT2D eigenvalue weighted by Crippen LogP contribution is 2.29. The van der Waals surface area contributed by atoms with Crippen LogP contribution >= 0.6 is 0 Å². The maximum Gasteiger partial charge on any atom is 0.0251 e. The Hall–Kier alpha value is -0.120. The van der Waals surface area contributed by atoms with E-state index in [9.17, 15) is 0 Å². The van der Waals surface area contributed by atoms with Gasteiger partial charge in [0.15, 0.2) is 0 Å². The van der Waals surface area contributed by atoms with Crippen LogP contribution in [0, 0.1) is 5.92 Å². The minimum atomic E-state index is 0.397. The van der Waals surface area contributed by atoms with Crippen LogP contribution in [0.5, 0.6) is 0 Å². The standard InChI is InChI=1S/C14H29N3/c1-10-5-6-13(15)14(7-10)17-8-11(2)16(4)12(3)9-17/h10-14H,5-9,15H2,1-4H3. The summed E-state index contributed by atoms with van der Waals surface area (Å²) in [7, 11) is 2.25. The van der Waals surface area contributed by atoms with Crippen LogP contribution in [0.1, 0.15) is 40.0 Å². The first-order valence-corrected chi connectivity index (χ1v) is 7.20. The van der Waals surface area contributed by atoms with E-state index in [1.165, 1.54) is 32.4 Å². The Balaban J connectivity index is 2.01. The minimum absolute atomic E-state index is 0.397. The van der Waals surface area contributed by atoms with E-state index in [4.69, 9.17) is 5.73 Å². The van der Waals surface area contributed by atoms with Gasteiger partial charge < -0.3 is 5.73 Å². The van der Waals surface area contributed by atoms with Crippen LogP contribution in [0.4, 0.5) is 0 Å². The first kappa shape index (κ1) is 13.3. The molecule has 1 aliphatic carbocycles. The predicted molar refractivity (Wildman–Crippen MR) is 73.0 cm³/mol. The molecule has 1 saturated carbocycles. The molecule has 5 unspecified atom stereocenters. The number of nitrogens with two attached hydrogens (primary N) is 1. The van der Waals surface area contributed by atoms with Gasteiger partial charge in [0.2, 0.25) is 0 Å². The van der Waals surface area contributed by atoms with Crippen molar-refractivity contribution in [2.75, 3.05) is 20.1 Å². The highest BCUT2D eigenvalue weighted by molar-refractivity contribution is 4.93. The van der Waals surface area contributed by atoms with E-state index in [0.717, 1.165) is 5.92 Å². The van der Waals surface area contributed by atoms with Gasteiger partial charge in [-0.15, -0.1) is 0 Å². The highest BCUT2D eigenvalue weighted by Gasteiger charge is 2.35. The van der Waals surface area contributed by atoms with E-state index in [0.29, 0.717) is 24.2 Å². The molecule has 2 rings (SSSR count). The molecule has 0 amide bonds. The summed E-state index contributed by atoms with van der Waals surface area (Å²) in [6.45, 7) is 9.42. The molecule has 0 aromatic heterocycles. The van der Waals surface area contributed by atoms with Crippen molar-refractivity contribution in [2.24, 2.45) is 11.7 Å². The molecule has 3 heteroatoms. The summed E-state index contributed by atoms with van der Waals surface area (Å²) in [5.74, 6) is 0.852. The summed E-state index contributed by atoms with van der Waals surface area (Å²) in [5, 5.41) is 0. The molecule has 3 nitrogen and oxygen atoms in total. The third-order valence-electron chi connectivity index (χ3n) is 4.99. The first-order valence-electron chi connectivity index (χ1n) is 7.20. The molecule has 0 aromatic carbocycles. The van der Waals surface area contributed by atoms with E-state index < -0.39 is 0 Å². The van der Waals surface area contributed by atoms with Gasteiger partial charge in [0.25, 0.3) is 0 Å². The van der Waals surface area contributed by atoms with Crippen LogP contribution in [-0.2, 0) is 0 Å². The molecule has 0 aromatic rings. The Bertz CT molecular complexity index is 244. The summed E-state index contributed by atoms with van der Waals surface area (Å²) < 4.78 is 0. The lowest BCUT2D eigenvalue weighted by Gasteiger charge is -2.49.